The Kier molecular flexibility index (Phi) is 7.94. The van der Waals surface area contributed by atoms with E-state index in [0.29, 0.717) is 23.9 Å². The summed E-state index contributed by atoms with van der Waals surface area (Å²) in [6.45, 7) is 2.03. The molecule has 0 bridgehead atoms. The Morgan fingerprint density at radius 2 is 1.68 bits per heavy atom. The highest BCUT2D eigenvalue weighted by Gasteiger charge is 2.34. The summed E-state index contributed by atoms with van der Waals surface area (Å²) in [7, 11) is 0. The SMILES string of the molecule is CCCCC(=O)Nc1ccc2c(ccn2-c2ccc(NC(=O)N(O)c3ccc(Cl)c(C(F)(F)F)c3)cc2)c1. The van der Waals surface area contributed by atoms with Crippen molar-refractivity contribution in [2.75, 3.05) is 15.7 Å². The standard InChI is InChI=1S/C27H24ClF3N4O3/c1-2-3-4-25(36)32-19-7-12-24-17(15-19)13-14-34(24)20-8-5-18(6-9-20)33-26(37)35(38)21-10-11-23(28)22(16-21)27(29,30)31/h5-16,38H,2-4H2,1H3,(H,32,36)(H,33,37). The molecule has 4 rings (SSSR count). The van der Waals surface area contributed by atoms with E-state index in [1.165, 1.54) is 0 Å². The Bertz CT molecular complexity index is 1470. The molecule has 38 heavy (non-hydrogen) atoms. The van der Waals surface area contributed by atoms with Gasteiger partial charge in [-0.05, 0) is 73.2 Å². The van der Waals surface area contributed by atoms with Crippen LogP contribution in [0.3, 0.4) is 0 Å². The number of benzene rings is 3. The van der Waals surface area contributed by atoms with Crippen molar-refractivity contribution in [1.82, 2.24) is 4.57 Å². The lowest BCUT2D eigenvalue weighted by molar-refractivity contribution is -0.137. The van der Waals surface area contributed by atoms with E-state index < -0.39 is 28.5 Å². The number of fused-ring (bicyclic) bond motifs is 1. The Balaban J connectivity index is 1.46. The van der Waals surface area contributed by atoms with Crippen LogP contribution in [0.4, 0.5) is 35.0 Å². The number of carbonyl (C=O) groups is 2. The lowest BCUT2D eigenvalue weighted by Crippen LogP contribution is -2.32. The molecule has 1 heterocycles. The van der Waals surface area contributed by atoms with Gasteiger partial charge >= 0.3 is 12.2 Å². The molecule has 4 aromatic rings. The van der Waals surface area contributed by atoms with Crippen LogP contribution < -0.4 is 15.7 Å². The molecule has 0 atom stereocenters. The van der Waals surface area contributed by atoms with Crippen molar-refractivity contribution in [3.8, 4) is 5.69 Å². The zero-order chi connectivity index (χ0) is 27.4. The molecule has 0 unspecified atom stereocenters. The molecule has 0 aliphatic rings. The minimum Gasteiger partial charge on any atom is -0.326 e. The van der Waals surface area contributed by atoms with Crippen molar-refractivity contribution in [2.45, 2.75) is 32.4 Å². The number of carbonyl (C=O) groups excluding carboxylic acids is 2. The average molecular weight is 545 g/mol. The van der Waals surface area contributed by atoms with Crippen molar-refractivity contribution in [3.05, 3.63) is 83.5 Å². The quantitative estimate of drug-likeness (QED) is 0.163. The molecule has 0 aliphatic heterocycles. The number of anilines is 3. The number of hydroxylamine groups is 1. The Hall–Kier alpha value is -4.02. The Labute approximate surface area is 221 Å². The van der Waals surface area contributed by atoms with Gasteiger partial charge in [-0.25, -0.2) is 4.79 Å². The van der Waals surface area contributed by atoms with Gasteiger partial charge in [-0.2, -0.15) is 18.2 Å². The van der Waals surface area contributed by atoms with Crippen LogP contribution in [0.25, 0.3) is 16.6 Å². The second-order valence-corrected chi connectivity index (χ2v) is 8.97. The first kappa shape index (κ1) is 27.0. The third-order valence-corrected chi connectivity index (χ3v) is 6.15. The van der Waals surface area contributed by atoms with Gasteiger partial charge in [-0.1, -0.05) is 24.9 Å². The maximum absolute atomic E-state index is 13.1. The molecule has 0 saturated heterocycles. The van der Waals surface area contributed by atoms with Gasteiger partial charge in [0.25, 0.3) is 0 Å². The number of nitrogens with zero attached hydrogens (tertiary/aromatic N) is 2. The Morgan fingerprint density at radius 1 is 0.974 bits per heavy atom. The van der Waals surface area contributed by atoms with Gasteiger partial charge < -0.3 is 15.2 Å². The van der Waals surface area contributed by atoms with E-state index in [-0.39, 0.29) is 11.0 Å². The van der Waals surface area contributed by atoms with Gasteiger partial charge in [0.1, 0.15) is 0 Å². The van der Waals surface area contributed by atoms with Crippen molar-refractivity contribution >= 4 is 51.5 Å². The van der Waals surface area contributed by atoms with E-state index in [1.807, 2.05) is 42.0 Å². The topological polar surface area (TPSA) is 86.6 Å². The molecule has 3 N–H and O–H groups in total. The van der Waals surface area contributed by atoms with Crippen LogP contribution in [0.2, 0.25) is 5.02 Å². The van der Waals surface area contributed by atoms with Crippen molar-refractivity contribution in [3.63, 3.8) is 0 Å². The highest BCUT2D eigenvalue weighted by atomic mass is 35.5. The lowest BCUT2D eigenvalue weighted by atomic mass is 10.2. The molecular weight excluding hydrogens is 521 g/mol. The summed E-state index contributed by atoms with van der Waals surface area (Å²) >= 11 is 5.59. The molecular formula is C27H24ClF3N4O3. The van der Waals surface area contributed by atoms with Gasteiger partial charge in [0.15, 0.2) is 0 Å². The predicted molar refractivity (Wildman–Crippen MR) is 141 cm³/mol. The van der Waals surface area contributed by atoms with Crippen LogP contribution in [-0.2, 0) is 11.0 Å². The molecule has 1 aromatic heterocycles. The number of unbranched alkanes of at least 4 members (excludes halogenated alkanes) is 1. The van der Waals surface area contributed by atoms with Gasteiger partial charge in [0.2, 0.25) is 5.91 Å². The molecule has 7 nitrogen and oxygen atoms in total. The predicted octanol–water partition coefficient (Wildman–Crippen LogP) is 7.86. The van der Waals surface area contributed by atoms with Gasteiger partial charge in [0.05, 0.1) is 21.8 Å². The summed E-state index contributed by atoms with van der Waals surface area (Å²) in [4.78, 5) is 24.4. The molecule has 11 heteroatoms. The van der Waals surface area contributed by atoms with Crippen LogP contribution in [-0.4, -0.2) is 21.7 Å². The minimum absolute atomic E-state index is 0.0263. The van der Waals surface area contributed by atoms with E-state index in [9.17, 15) is 28.0 Å². The third kappa shape index (κ3) is 6.09. The van der Waals surface area contributed by atoms with Crippen molar-refractivity contribution < 1.29 is 28.0 Å². The monoisotopic (exact) mass is 544 g/mol. The summed E-state index contributed by atoms with van der Waals surface area (Å²) in [6.07, 6.45) is -0.624. The van der Waals surface area contributed by atoms with E-state index in [2.05, 4.69) is 10.6 Å². The summed E-state index contributed by atoms with van der Waals surface area (Å²) in [5, 5.41) is 16.0. The molecule has 0 fully saturated rings. The zero-order valence-electron chi connectivity index (χ0n) is 20.2. The summed E-state index contributed by atoms with van der Waals surface area (Å²) in [5.74, 6) is -0.0263. The number of nitrogens with one attached hydrogen (secondary N) is 2. The fourth-order valence-corrected chi connectivity index (χ4v) is 4.09. The highest BCUT2D eigenvalue weighted by molar-refractivity contribution is 6.31. The van der Waals surface area contributed by atoms with Crippen LogP contribution in [0.1, 0.15) is 31.7 Å². The van der Waals surface area contributed by atoms with Crippen LogP contribution in [0.5, 0.6) is 0 Å². The summed E-state index contributed by atoms with van der Waals surface area (Å²) < 4.78 is 41.2. The summed E-state index contributed by atoms with van der Waals surface area (Å²) in [6, 6.07) is 15.8. The van der Waals surface area contributed by atoms with Gasteiger partial charge in [0, 0.05) is 35.1 Å². The number of urea groups is 1. The molecule has 198 valence electrons. The van der Waals surface area contributed by atoms with E-state index in [1.54, 1.807) is 24.3 Å². The van der Waals surface area contributed by atoms with Crippen molar-refractivity contribution in [2.24, 2.45) is 0 Å². The number of aromatic nitrogens is 1. The van der Waals surface area contributed by atoms with Gasteiger partial charge in [-0.15, -0.1) is 0 Å². The number of rotatable bonds is 7. The third-order valence-electron chi connectivity index (χ3n) is 5.82. The second-order valence-electron chi connectivity index (χ2n) is 8.56. The first-order valence-corrected chi connectivity index (χ1v) is 12.1. The molecule has 0 aliphatic carbocycles. The Morgan fingerprint density at radius 3 is 2.37 bits per heavy atom. The number of alkyl halides is 3. The maximum Gasteiger partial charge on any atom is 0.417 e. The van der Waals surface area contributed by atoms with Crippen molar-refractivity contribution in [1.29, 1.82) is 0 Å². The fourth-order valence-electron chi connectivity index (χ4n) is 3.87. The highest BCUT2D eigenvalue weighted by Crippen LogP contribution is 2.37. The normalized spacial score (nSPS) is 11.4. The first-order chi connectivity index (χ1) is 18.1. The molecule has 0 radical (unpaired) electrons. The van der Waals surface area contributed by atoms with E-state index in [4.69, 9.17) is 11.6 Å². The maximum atomic E-state index is 13.1. The number of hydrogen-bond donors (Lipinski definition) is 3. The molecule has 0 spiro atoms. The number of hydrogen-bond acceptors (Lipinski definition) is 3. The van der Waals surface area contributed by atoms with Crippen LogP contribution in [0.15, 0.2) is 72.9 Å². The largest absolute Gasteiger partial charge is 0.417 e. The first-order valence-electron chi connectivity index (χ1n) is 11.7. The van der Waals surface area contributed by atoms with Crippen LogP contribution >= 0.6 is 11.6 Å². The minimum atomic E-state index is -4.74. The smallest absolute Gasteiger partial charge is 0.326 e. The number of amides is 3. The molecule has 3 amide bonds. The zero-order valence-corrected chi connectivity index (χ0v) is 21.0. The van der Waals surface area contributed by atoms with E-state index in [0.717, 1.165) is 41.6 Å². The second kappa shape index (κ2) is 11.2. The average Bonchev–Trinajstić information content (AvgIpc) is 3.30. The fraction of sp³-hybridized carbons (Fsp3) is 0.185. The number of halogens is 4. The summed E-state index contributed by atoms with van der Waals surface area (Å²) in [5.41, 5.74) is 1.15. The van der Waals surface area contributed by atoms with Crippen LogP contribution in [0, 0.1) is 0 Å². The van der Waals surface area contributed by atoms with Gasteiger partial charge in [-0.3, -0.25) is 10.0 Å². The molecule has 0 saturated carbocycles. The van der Waals surface area contributed by atoms with E-state index >= 15 is 0 Å². The lowest BCUT2D eigenvalue weighted by Gasteiger charge is -2.18. The molecule has 3 aromatic carbocycles.